The number of halogens is 1. The molecular weight excluding hydrogens is 319 g/mol. The third kappa shape index (κ3) is 3.43. The van der Waals surface area contributed by atoms with Crippen molar-refractivity contribution in [2.45, 2.75) is 64.5 Å². The van der Waals surface area contributed by atoms with Crippen LogP contribution in [0.5, 0.6) is 5.75 Å². The highest BCUT2D eigenvalue weighted by Gasteiger charge is 2.38. The van der Waals surface area contributed by atoms with E-state index in [0.717, 1.165) is 38.5 Å². The van der Waals surface area contributed by atoms with Crippen LogP contribution in [0, 0.1) is 11.2 Å². The molecule has 1 aromatic carbocycles. The van der Waals surface area contributed by atoms with Crippen molar-refractivity contribution in [3.8, 4) is 5.75 Å². The van der Waals surface area contributed by atoms with Gasteiger partial charge in [-0.25, -0.2) is 4.39 Å². The van der Waals surface area contributed by atoms with Crippen molar-refractivity contribution in [2.75, 3.05) is 0 Å². The number of aromatic amines is 1. The lowest BCUT2D eigenvalue weighted by atomic mass is 9.66. The number of fused-ring (bicyclic) bond motifs is 1. The van der Waals surface area contributed by atoms with Crippen LogP contribution in [0.1, 0.15) is 52.4 Å². The van der Waals surface area contributed by atoms with Crippen molar-refractivity contribution < 1.29 is 9.13 Å². The standard InChI is InChI=1S/C20H27FN2O2/c1-3-18(22)20(4-2)8-5-14(6-9-20)25-17-11-13-7-10-23-19(24)15(13)12-16(17)21/h7,10-12,14,18H,3-6,8-9,22H2,1-2H3,(H,23,24)/t14?,18-,20?/m1/s1. The molecule has 1 saturated carbocycles. The fourth-order valence-corrected chi connectivity index (χ4v) is 4.16. The fourth-order valence-electron chi connectivity index (χ4n) is 4.16. The number of hydrogen-bond acceptors (Lipinski definition) is 3. The first-order valence-electron chi connectivity index (χ1n) is 9.22. The molecule has 1 aromatic heterocycles. The molecule has 0 bridgehead atoms. The SMILES string of the molecule is CC[C@@H](N)C1(CC)CCC(Oc2cc3cc[nH]c(=O)c3cc2F)CC1. The van der Waals surface area contributed by atoms with Crippen LogP contribution in [0.15, 0.2) is 29.2 Å². The minimum absolute atomic E-state index is 0.00215. The molecule has 3 N–H and O–H groups in total. The van der Waals surface area contributed by atoms with Crippen molar-refractivity contribution in [1.29, 1.82) is 0 Å². The lowest BCUT2D eigenvalue weighted by molar-refractivity contribution is 0.0549. The van der Waals surface area contributed by atoms with Crippen LogP contribution in [0.2, 0.25) is 0 Å². The number of aromatic nitrogens is 1. The number of hydrogen-bond donors (Lipinski definition) is 2. The number of rotatable bonds is 5. The summed E-state index contributed by atoms with van der Waals surface area (Å²) < 4.78 is 20.3. The number of H-pyrrole nitrogens is 1. The summed E-state index contributed by atoms with van der Waals surface area (Å²) in [7, 11) is 0. The molecule has 1 atom stereocenters. The largest absolute Gasteiger partial charge is 0.487 e. The normalized spacial score (nSPS) is 25.0. The Morgan fingerprint density at radius 2 is 2.08 bits per heavy atom. The van der Waals surface area contributed by atoms with Crippen molar-refractivity contribution in [3.63, 3.8) is 0 Å². The molecule has 0 saturated heterocycles. The first-order valence-corrected chi connectivity index (χ1v) is 9.22. The molecule has 1 aliphatic carbocycles. The summed E-state index contributed by atoms with van der Waals surface area (Å²) >= 11 is 0. The molecule has 3 rings (SSSR count). The summed E-state index contributed by atoms with van der Waals surface area (Å²) in [6.07, 6.45) is 7.40. The molecular formula is C20H27FN2O2. The Labute approximate surface area is 147 Å². The highest BCUT2D eigenvalue weighted by Crippen LogP contribution is 2.43. The maximum absolute atomic E-state index is 14.4. The summed E-state index contributed by atoms with van der Waals surface area (Å²) in [4.78, 5) is 14.3. The van der Waals surface area contributed by atoms with Gasteiger partial charge in [0.05, 0.1) is 11.5 Å². The predicted octanol–water partition coefficient (Wildman–Crippen LogP) is 4.12. The monoisotopic (exact) mass is 346 g/mol. The smallest absolute Gasteiger partial charge is 0.255 e. The average Bonchev–Trinajstić information content (AvgIpc) is 2.63. The van der Waals surface area contributed by atoms with Gasteiger partial charge in [0.25, 0.3) is 5.56 Å². The predicted molar refractivity (Wildman–Crippen MR) is 98.4 cm³/mol. The maximum atomic E-state index is 14.4. The van der Waals surface area contributed by atoms with Gasteiger partial charge in [-0.2, -0.15) is 0 Å². The van der Waals surface area contributed by atoms with Crippen LogP contribution >= 0.6 is 0 Å². The number of nitrogens with two attached hydrogens (primary N) is 1. The Hall–Kier alpha value is -1.88. The van der Waals surface area contributed by atoms with Gasteiger partial charge in [0, 0.05) is 12.2 Å². The second-order valence-corrected chi connectivity index (χ2v) is 7.22. The summed E-state index contributed by atoms with van der Waals surface area (Å²) in [5, 5.41) is 1.03. The molecule has 0 radical (unpaired) electrons. The topological polar surface area (TPSA) is 68.1 Å². The molecule has 25 heavy (non-hydrogen) atoms. The zero-order chi connectivity index (χ0) is 18.0. The molecule has 2 aromatic rings. The minimum Gasteiger partial charge on any atom is -0.487 e. The lowest BCUT2D eigenvalue weighted by Gasteiger charge is -2.43. The average molecular weight is 346 g/mol. The fraction of sp³-hybridized carbons (Fsp3) is 0.550. The molecule has 1 aliphatic rings. The molecule has 4 nitrogen and oxygen atoms in total. The summed E-state index contributed by atoms with van der Waals surface area (Å²) in [6, 6.07) is 4.85. The van der Waals surface area contributed by atoms with Gasteiger partial charge in [-0.05, 0) is 67.5 Å². The van der Waals surface area contributed by atoms with Gasteiger partial charge in [-0.3, -0.25) is 4.79 Å². The molecule has 5 heteroatoms. The van der Waals surface area contributed by atoms with Crippen LogP contribution in [0.4, 0.5) is 4.39 Å². The van der Waals surface area contributed by atoms with Crippen molar-refractivity contribution in [2.24, 2.45) is 11.1 Å². The molecule has 136 valence electrons. The van der Waals surface area contributed by atoms with E-state index in [4.69, 9.17) is 10.5 Å². The lowest BCUT2D eigenvalue weighted by Crippen LogP contribution is -2.45. The molecule has 0 amide bonds. The van der Waals surface area contributed by atoms with Crippen LogP contribution in [-0.4, -0.2) is 17.1 Å². The highest BCUT2D eigenvalue weighted by molar-refractivity contribution is 5.82. The highest BCUT2D eigenvalue weighted by atomic mass is 19.1. The van der Waals surface area contributed by atoms with Gasteiger partial charge < -0.3 is 15.5 Å². The van der Waals surface area contributed by atoms with Gasteiger partial charge >= 0.3 is 0 Å². The van der Waals surface area contributed by atoms with E-state index >= 15 is 0 Å². The Morgan fingerprint density at radius 1 is 1.36 bits per heavy atom. The Balaban J connectivity index is 1.75. The van der Waals surface area contributed by atoms with Gasteiger partial charge in [0.2, 0.25) is 0 Å². The van der Waals surface area contributed by atoms with E-state index in [1.54, 1.807) is 18.3 Å². The van der Waals surface area contributed by atoms with E-state index in [2.05, 4.69) is 18.8 Å². The van der Waals surface area contributed by atoms with Crippen molar-refractivity contribution >= 4 is 10.8 Å². The Morgan fingerprint density at radius 3 is 2.72 bits per heavy atom. The van der Waals surface area contributed by atoms with Gasteiger partial charge in [0.1, 0.15) is 0 Å². The van der Waals surface area contributed by atoms with E-state index < -0.39 is 5.82 Å². The summed E-state index contributed by atoms with van der Waals surface area (Å²) in [5.74, 6) is -0.256. The maximum Gasteiger partial charge on any atom is 0.255 e. The number of benzene rings is 1. The Kier molecular flexibility index (Phi) is 5.13. The van der Waals surface area contributed by atoms with E-state index in [1.165, 1.54) is 6.07 Å². The zero-order valence-electron chi connectivity index (χ0n) is 15.0. The molecule has 0 spiro atoms. The molecule has 0 unspecified atom stereocenters. The number of nitrogens with one attached hydrogen (secondary N) is 1. The van der Waals surface area contributed by atoms with Crippen LogP contribution in [0.25, 0.3) is 10.8 Å². The quantitative estimate of drug-likeness (QED) is 0.855. The third-order valence-corrected chi connectivity index (χ3v) is 5.98. The molecule has 1 heterocycles. The molecule has 0 aliphatic heterocycles. The van der Waals surface area contributed by atoms with Crippen LogP contribution in [0.3, 0.4) is 0 Å². The number of ether oxygens (including phenoxy) is 1. The van der Waals surface area contributed by atoms with Crippen LogP contribution in [-0.2, 0) is 0 Å². The number of pyridine rings is 1. The second-order valence-electron chi connectivity index (χ2n) is 7.22. The first-order chi connectivity index (χ1) is 12.0. The van der Waals surface area contributed by atoms with Crippen LogP contribution < -0.4 is 16.0 Å². The summed E-state index contributed by atoms with van der Waals surface area (Å²) in [5.41, 5.74) is 6.25. The van der Waals surface area contributed by atoms with E-state index in [1.807, 2.05) is 0 Å². The summed E-state index contributed by atoms with van der Waals surface area (Å²) in [6.45, 7) is 4.34. The van der Waals surface area contributed by atoms with Gasteiger partial charge in [0.15, 0.2) is 11.6 Å². The zero-order valence-corrected chi connectivity index (χ0v) is 15.0. The van der Waals surface area contributed by atoms with E-state index in [0.29, 0.717) is 10.8 Å². The second kappa shape index (κ2) is 7.16. The minimum atomic E-state index is -0.484. The first kappa shape index (κ1) is 17.9. The Bertz CT molecular complexity index is 794. The third-order valence-electron chi connectivity index (χ3n) is 5.98. The van der Waals surface area contributed by atoms with Crippen molar-refractivity contribution in [1.82, 2.24) is 4.98 Å². The van der Waals surface area contributed by atoms with Crippen molar-refractivity contribution in [3.05, 3.63) is 40.6 Å². The van der Waals surface area contributed by atoms with E-state index in [-0.39, 0.29) is 28.9 Å². The van der Waals surface area contributed by atoms with E-state index in [9.17, 15) is 9.18 Å². The molecule has 1 fully saturated rings. The van der Waals surface area contributed by atoms with Gasteiger partial charge in [-0.1, -0.05) is 13.8 Å². The van der Waals surface area contributed by atoms with Gasteiger partial charge in [-0.15, -0.1) is 0 Å².